The van der Waals surface area contributed by atoms with Crippen LogP contribution in [0.5, 0.6) is 0 Å². The molecule has 0 aliphatic heterocycles. The third kappa shape index (κ3) is 4.31. The average Bonchev–Trinajstić information content (AvgIpc) is 2.70. The molecular formula is C13H23BrN4O. The molecule has 5 nitrogen and oxygen atoms in total. The number of nitrogens with one attached hydrogen (secondary N) is 1. The maximum Gasteiger partial charge on any atom is 0.223 e. The first-order chi connectivity index (χ1) is 9.01. The van der Waals surface area contributed by atoms with E-state index < -0.39 is 0 Å². The second-order valence-electron chi connectivity index (χ2n) is 4.59. The highest BCUT2D eigenvalue weighted by atomic mass is 79.9. The highest BCUT2D eigenvalue weighted by Crippen LogP contribution is 2.22. The summed E-state index contributed by atoms with van der Waals surface area (Å²) in [4.78, 5) is 13.1. The quantitative estimate of drug-likeness (QED) is 0.775. The molecule has 1 amide bonds. The Hall–Kier alpha value is -0.880. The molecule has 1 aromatic heterocycles. The number of aromatic nitrogens is 2. The smallest absolute Gasteiger partial charge is 0.223 e. The van der Waals surface area contributed by atoms with Gasteiger partial charge in [-0.3, -0.25) is 9.48 Å². The van der Waals surface area contributed by atoms with E-state index >= 15 is 0 Å². The van der Waals surface area contributed by atoms with E-state index in [0.717, 1.165) is 35.4 Å². The number of aryl methyl sites for hydroxylation is 2. The van der Waals surface area contributed by atoms with Crippen LogP contribution in [0.2, 0.25) is 0 Å². The Morgan fingerprint density at radius 2 is 2.11 bits per heavy atom. The van der Waals surface area contributed by atoms with Crippen LogP contribution in [0.15, 0.2) is 4.47 Å². The van der Waals surface area contributed by atoms with Crippen molar-refractivity contribution in [1.29, 1.82) is 0 Å². The van der Waals surface area contributed by atoms with E-state index in [-0.39, 0.29) is 5.91 Å². The van der Waals surface area contributed by atoms with Gasteiger partial charge >= 0.3 is 0 Å². The second kappa shape index (κ2) is 7.65. The third-order valence-electron chi connectivity index (χ3n) is 3.00. The van der Waals surface area contributed by atoms with Crippen molar-refractivity contribution < 1.29 is 4.79 Å². The van der Waals surface area contributed by atoms with Gasteiger partial charge in [0, 0.05) is 40.2 Å². The molecule has 1 heterocycles. The van der Waals surface area contributed by atoms with Gasteiger partial charge in [-0.25, -0.2) is 0 Å². The molecule has 0 saturated heterocycles. The fourth-order valence-corrected chi connectivity index (χ4v) is 2.52. The molecule has 1 N–H and O–H groups in total. The molecule has 0 spiro atoms. The first-order valence-corrected chi connectivity index (χ1v) is 7.45. The van der Waals surface area contributed by atoms with E-state index in [9.17, 15) is 4.79 Å². The molecular weight excluding hydrogens is 308 g/mol. The van der Waals surface area contributed by atoms with E-state index in [0.29, 0.717) is 13.0 Å². The van der Waals surface area contributed by atoms with Gasteiger partial charge in [-0.1, -0.05) is 6.92 Å². The van der Waals surface area contributed by atoms with Gasteiger partial charge in [0.25, 0.3) is 0 Å². The SMILES string of the molecule is CCc1nn(CC)c(CNCCC(=O)N(C)C)c1Br. The summed E-state index contributed by atoms with van der Waals surface area (Å²) in [6.45, 7) is 6.44. The topological polar surface area (TPSA) is 50.2 Å². The molecule has 1 aromatic rings. The summed E-state index contributed by atoms with van der Waals surface area (Å²) in [5.41, 5.74) is 2.24. The van der Waals surface area contributed by atoms with Gasteiger partial charge in [0.15, 0.2) is 0 Å². The van der Waals surface area contributed by atoms with Crippen LogP contribution in [0.4, 0.5) is 0 Å². The summed E-state index contributed by atoms with van der Waals surface area (Å²) in [6, 6.07) is 0. The fraction of sp³-hybridized carbons (Fsp3) is 0.692. The number of hydrogen-bond acceptors (Lipinski definition) is 3. The van der Waals surface area contributed by atoms with E-state index in [1.54, 1.807) is 19.0 Å². The lowest BCUT2D eigenvalue weighted by atomic mass is 10.3. The van der Waals surface area contributed by atoms with Crippen molar-refractivity contribution in [3.63, 3.8) is 0 Å². The zero-order valence-corrected chi connectivity index (χ0v) is 13.7. The minimum atomic E-state index is 0.143. The summed E-state index contributed by atoms with van der Waals surface area (Å²) >= 11 is 3.61. The van der Waals surface area contributed by atoms with Gasteiger partial charge in [0.1, 0.15) is 0 Å². The van der Waals surface area contributed by atoms with Gasteiger partial charge in [-0.2, -0.15) is 5.10 Å². The largest absolute Gasteiger partial charge is 0.349 e. The minimum Gasteiger partial charge on any atom is -0.349 e. The third-order valence-corrected chi connectivity index (χ3v) is 3.92. The second-order valence-corrected chi connectivity index (χ2v) is 5.38. The van der Waals surface area contributed by atoms with Gasteiger partial charge in [0.05, 0.1) is 15.9 Å². The van der Waals surface area contributed by atoms with E-state index in [1.165, 1.54) is 0 Å². The van der Waals surface area contributed by atoms with Crippen LogP contribution >= 0.6 is 15.9 Å². The monoisotopic (exact) mass is 330 g/mol. The molecule has 0 fully saturated rings. The highest BCUT2D eigenvalue weighted by Gasteiger charge is 2.13. The number of nitrogens with zero attached hydrogens (tertiary/aromatic N) is 3. The van der Waals surface area contributed by atoms with Crippen LogP contribution in [0, 0.1) is 0 Å². The molecule has 0 unspecified atom stereocenters. The lowest BCUT2D eigenvalue weighted by molar-refractivity contribution is -0.128. The van der Waals surface area contributed by atoms with Crippen molar-refractivity contribution in [2.75, 3.05) is 20.6 Å². The summed E-state index contributed by atoms with van der Waals surface area (Å²) < 4.78 is 3.09. The molecule has 0 bridgehead atoms. The van der Waals surface area contributed by atoms with Gasteiger partial charge in [-0.15, -0.1) is 0 Å². The Bertz CT molecular complexity index is 429. The van der Waals surface area contributed by atoms with Crippen LogP contribution in [0.25, 0.3) is 0 Å². The zero-order valence-electron chi connectivity index (χ0n) is 12.2. The van der Waals surface area contributed by atoms with Crippen molar-refractivity contribution in [3.05, 3.63) is 15.9 Å². The van der Waals surface area contributed by atoms with Crippen molar-refractivity contribution in [1.82, 2.24) is 20.0 Å². The lowest BCUT2D eigenvalue weighted by Crippen LogP contribution is -2.27. The highest BCUT2D eigenvalue weighted by molar-refractivity contribution is 9.10. The van der Waals surface area contributed by atoms with Gasteiger partial charge in [-0.05, 0) is 29.3 Å². The van der Waals surface area contributed by atoms with Crippen LogP contribution in [0.1, 0.15) is 31.7 Å². The van der Waals surface area contributed by atoms with Crippen molar-refractivity contribution in [2.45, 2.75) is 39.8 Å². The number of carbonyl (C=O) groups excluding carboxylic acids is 1. The average molecular weight is 331 g/mol. The molecule has 0 radical (unpaired) electrons. The Morgan fingerprint density at radius 1 is 1.42 bits per heavy atom. The molecule has 6 heteroatoms. The molecule has 0 saturated carbocycles. The van der Waals surface area contributed by atoms with E-state index in [4.69, 9.17) is 0 Å². The summed E-state index contributed by atoms with van der Waals surface area (Å²) in [7, 11) is 3.55. The standard InChI is InChI=1S/C13H23BrN4O/c1-5-10-13(14)11(18(6-2)16-10)9-15-8-7-12(19)17(3)4/h15H,5-9H2,1-4H3. The Morgan fingerprint density at radius 3 is 2.63 bits per heavy atom. The molecule has 0 aliphatic carbocycles. The van der Waals surface area contributed by atoms with Crippen LogP contribution in [-0.2, 0) is 24.3 Å². The molecule has 1 rings (SSSR count). The Balaban J connectivity index is 2.53. The van der Waals surface area contributed by atoms with Crippen molar-refractivity contribution in [2.24, 2.45) is 0 Å². The zero-order chi connectivity index (χ0) is 14.4. The van der Waals surface area contributed by atoms with Crippen LogP contribution < -0.4 is 5.32 Å². The first-order valence-electron chi connectivity index (χ1n) is 6.66. The molecule has 19 heavy (non-hydrogen) atoms. The van der Waals surface area contributed by atoms with Gasteiger partial charge in [0.2, 0.25) is 5.91 Å². The van der Waals surface area contributed by atoms with Crippen LogP contribution in [0.3, 0.4) is 0 Å². The Labute approximate surface area is 123 Å². The minimum absolute atomic E-state index is 0.143. The van der Waals surface area contributed by atoms with Gasteiger partial charge < -0.3 is 10.2 Å². The predicted molar refractivity (Wildman–Crippen MR) is 80.0 cm³/mol. The summed E-state index contributed by atoms with van der Waals surface area (Å²) in [5, 5.41) is 7.85. The molecule has 108 valence electrons. The first kappa shape index (κ1) is 16.2. The summed E-state index contributed by atoms with van der Waals surface area (Å²) in [6.07, 6.45) is 1.44. The normalized spacial score (nSPS) is 10.8. The maximum absolute atomic E-state index is 11.5. The van der Waals surface area contributed by atoms with E-state index in [2.05, 4.69) is 40.2 Å². The Kier molecular flexibility index (Phi) is 6.51. The fourth-order valence-electron chi connectivity index (χ4n) is 1.81. The molecule has 0 aliphatic rings. The number of amides is 1. The summed E-state index contributed by atoms with van der Waals surface area (Å²) in [5.74, 6) is 0.143. The maximum atomic E-state index is 11.5. The van der Waals surface area contributed by atoms with Crippen molar-refractivity contribution >= 4 is 21.8 Å². The lowest BCUT2D eigenvalue weighted by Gasteiger charge is -2.11. The van der Waals surface area contributed by atoms with E-state index in [1.807, 2.05) is 4.68 Å². The number of halogens is 1. The predicted octanol–water partition coefficient (Wildman–Crippen LogP) is 1.80. The molecule has 0 aromatic carbocycles. The number of rotatable bonds is 7. The number of carbonyl (C=O) groups is 1. The number of hydrogen-bond donors (Lipinski definition) is 1. The molecule has 0 atom stereocenters. The van der Waals surface area contributed by atoms with Crippen molar-refractivity contribution in [3.8, 4) is 0 Å². The van der Waals surface area contributed by atoms with Crippen LogP contribution in [-0.4, -0.2) is 41.2 Å².